The second-order valence-corrected chi connectivity index (χ2v) is 7.07. The fraction of sp³-hybridized carbons (Fsp3) is 0.130. The molecule has 3 aromatic carbocycles. The first-order valence-electron chi connectivity index (χ1n) is 9.37. The van der Waals surface area contributed by atoms with Crippen molar-refractivity contribution in [2.75, 3.05) is 24.9 Å². The van der Waals surface area contributed by atoms with Gasteiger partial charge in [-0.2, -0.15) is 4.98 Å². The number of hydrogen-bond acceptors (Lipinski definition) is 6. The monoisotopic (exact) mass is 420 g/mol. The van der Waals surface area contributed by atoms with Gasteiger partial charge in [-0.1, -0.05) is 35.9 Å². The van der Waals surface area contributed by atoms with E-state index in [1.54, 1.807) is 20.3 Å². The predicted molar refractivity (Wildman–Crippen MR) is 122 cm³/mol. The van der Waals surface area contributed by atoms with Crippen LogP contribution in [-0.2, 0) is 0 Å². The van der Waals surface area contributed by atoms with Crippen molar-refractivity contribution in [3.63, 3.8) is 0 Å². The molecule has 0 saturated carbocycles. The number of anilines is 4. The van der Waals surface area contributed by atoms with Gasteiger partial charge in [0.15, 0.2) is 0 Å². The molecule has 0 saturated heterocycles. The summed E-state index contributed by atoms with van der Waals surface area (Å²) in [6, 6.07) is 19.2. The van der Waals surface area contributed by atoms with Crippen molar-refractivity contribution in [1.82, 2.24) is 9.97 Å². The molecule has 4 aromatic rings. The molecule has 0 aliphatic rings. The molecular weight excluding hydrogens is 400 g/mol. The Balaban J connectivity index is 1.81. The third-order valence-electron chi connectivity index (χ3n) is 4.73. The van der Waals surface area contributed by atoms with Gasteiger partial charge in [-0.25, -0.2) is 4.98 Å². The molecule has 0 spiro atoms. The lowest BCUT2D eigenvalue weighted by Gasteiger charge is -2.15. The van der Waals surface area contributed by atoms with Crippen molar-refractivity contribution < 1.29 is 9.47 Å². The Morgan fingerprint density at radius 2 is 1.67 bits per heavy atom. The fourth-order valence-corrected chi connectivity index (χ4v) is 3.34. The molecule has 0 atom stereocenters. The number of rotatable bonds is 6. The van der Waals surface area contributed by atoms with Crippen LogP contribution in [0.25, 0.3) is 10.9 Å². The lowest BCUT2D eigenvalue weighted by atomic mass is 10.2. The van der Waals surface area contributed by atoms with E-state index in [4.69, 9.17) is 26.1 Å². The molecule has 2 N–H and O–H groups in total. The van der Waals surface area contributed by atoms with Gasteiger partial charge in [-0.3, -0.25) is 0 Å². The number of nitrogens with zero attached hydrogens (tertiary/aromatic N) is 2. The average Bonchev–Trinajstić information content (AvgIpc) is 2.76. The van der Waals surface area contributed by atoms with Crippen LogP contribution in [0.5, 0.6) is 11.5 Å². The molecule has 1 heterocycles. The Morgan fingerprint density at radius 3 is 2.40 bits per heavy atom. The van der Waals surface area contributed by atoms with Crippen LogP contribution >= 0.6 is 11.6 Å². The summed E-state index contributed by atoms with van der Waals surface area (Å²) in [7, 11) is 3.22. The van der Waals surface area contributed by atoms with Gasteiger partial charge in [-0.15, -0.1) is 0 Å². The van der Waals surface area contributed by atoms with Crippen LogP contribution in [-0.4, -0.2) is 24.2 Å². The van der Waals surface area contributed by atoms with Crippen LogP contribution in [0.4, 0.5) is 23.1 Å². The van der Waals surface area contributed by atoms with E-state index in [0.29, 0.717) is 39.5 Å². The quantitative estimate of drug-likeness (QED) is 0.393. The predicted octanol–water partition coefficient (Wildman–Crippen LogP) is 6.10. The number of nitrogens with one attached hydrogen (secondary N) is 2. The zero-order valence-corrected chi connectivity index (χ0v) is 17.6. The van der Waals surface area contributed by atoms with Crippen molar-refractivity contribution >= 4 is 45.6 Å². The average molecular weight is 421 g/mol. The van der Waals surface area contributed by atoms with Gasteiger partial charge in [0.1, 0.15) is 22.8 Å². The lowest BCUT2D eigenvalue weighted by molar-refractivity contribution is 0.415. The van der Waals surface area contributed by atoms with Gasteiger partial charge >= 0.3 is 0 Å². The van der Waals surface area contributed by atoms with Gasteiger partial charge in [0.25, 0.3) is 0 Å². The molecule has 1 aromatic heterocycles. The van der Waals surface area contributed by atoms with E-state index in [-0.39, 0.29) is 0 Å². The summed E-state index contributed by atoms with van der Waals surface area (Å²) in [4.78, 5) is 9.39. The molecule has 30 heavy (non-hydrogen) atoms. The number of methoxy groups -OCH3 is 2. The molecule has 4 rings (SSSR count). The summed E-state index contributed by atoms with van der Waals surface area (Å²) in [5.41, 5.74) is 3.44. The number of hydrogen-bond donors (Lipinski definition) is 2. The topological polar surface area (TPSA) is 68.3 Å². The Morgan fingerprint density at radius 1 is 0.833 bits per heavy atom. The largest absolute Gasteiger partial charge is 0.497 e. The molecule has 0 aliphatic carbocycles. The number of para-hydroxylation sites is 2. The van der Waals surface area contributed by atoms with E-state index in [9.17, 15) is 0 Å². The van der Waals surface area contributed by atoms with Gasteiger partial charge in [0.2, 0.25) is 5.95 Å². The van der Waals surface area contributed by atoms with Crippen LogP contribution < -0.4 is 20.1 Å². The second kappa shape index (κ2) is 8.47. The first-order chi connectivity index (χ1) is 14.6. The highest BCUT2D eigenvalue weighted by molar-refractivity contribution is 6.33. The molecule has 0 amide bonds. The maximum absolute atomic E-state index is 6.39. The van der Waals surface area contributed by atoms with E-state index in [0.717, 1.165) is 16.6 Å². The van der Waals surface area contributed by atoms with Crippen LogP contribution in [0.2, 0.25) is 5.02 Å². The van der Waals surface area contributed by atoms with Crippen LogP contribution in [0.15, 0.2) is 60.7 Å². The lowest BCUT2D eigenvalue weighted by Crippen LogP contribution is -2.04. The fourth-order valence-electron chi connectivity index (χ4n) is 3.13. The Hall–Kier alpha value is -3.51. The maximum Gasteiger partial charge on any atom is 0.229 e. The number of aromatic nitrogens is 2. The Bertz CT molecular complexity index is 1210. The minimum absolute atomic E-state index is 0.398. The van der Waals surface area contributed by atoms with Crippen LogP contribution in [0.1, 0.15) is 5.56 Å². The third kappa shape index (κ3) is 3.95. The number of benzene rings is 3. The summed E-state index contributed by atoms with van der Waals surface area (Å²) >= 11 is 6.39. The highest BCUT2D eigenvalue weighted by Crippen LogP contribution is 2.34. The van der Waals surface area contributed by atoms with Crippen LogP contribution in [0, 0.1) is 6.92 Å². The third-order valence-corrected chi connectivity index (χ3v) is 5.04. The normalized spacial score (nSPS) is 10.7. The molecule has 0 fully saturated rings. The molecule has 7 heteroatoms. The zero-order valence-electron chi connectivity index (χ0n) is 16.9. The SMILES string of the molecule is COc1ccc(Nc2nc(Nc3ccccc3C)c3cccc(OC)c3n2)c(Cl)c1. The summed E-state index contributed by atoms with van der Waals surface area (Å²) in [6.45, 7) is 2.04. The first kappa shape index (κ1) is 19.8. The van der Waals surface area contributed by atoms with E-state index >= 15 is 0 Å². The van der Waals surface area contributed by atoms with Gasteiger partial charge in [0, 0.05) is 17.1 Å². The van der Waals surface area contributed by atoms with E-state index in [2.05, 4.69) is 15.6 Å². The highest BCUT2D eigenvalue weighted by Gasteiger charge is 2.14. The molecule has 0 unspecified atom stereocenters. The second-order valence-electron chi connectivity index (χ2n) is 6.66. The molecular formula is C23H21ClN4O2. The summed E-state index contributed by atoms with van der Waals surface area (Å²) in [6.07, 6.45) is 0. The van der Waals surface area contributed by atoms with Crippen LogP contribution in [0.3, 0.4) is 0 Å². The van der Waals surface area contributed by atoms with E-state index in [1.165, 1.54) is 0 Å². The van der Waals surface area contributed by atoms with Crippen molar-refractivity contribution in [3.8, 4) is 11.5 Å². The summed E-state index contributed by atoms with van der Waals surface area (Å²) < 4.78 is 10.7. The van der Waals surface area contributed by atoms with Gasteiger partial charge in [-0.05, 0) is 42.8 Å². The number of fused-ring (bicyclic) bond motifs is 1. The van der Waals surface area contributed by atoms with Gasteiger partial charge < -0.3 is 20.1 Å². The smallest absolute Gasteiger partial charge is 0.229 e. The maximum atomic E-state index is 6.39. The zero-order chi connectivity index (χ0) is 21.1. The van der Waals surface area contributed by atoms with Crippen molar-refractivity contribution in [3.05, 3.63) is 71.2 Å². The molecule has 0 bridgehead atoms. The molecule has 152 valence electrons. The summed E-state index contributed by atoms with van der Waals surface area (Å²) in [5.74, 6) is 2.40. The molecule has 0 aliphatic heterocycles. The number of ether oxygens (including phenoxy) is 2. The minimum atomic E-state index is 0.398. The highest BCUT2D eigenvalue weighted by atomic mass is 35.5. The van der Waals surface area contributed by atoms with Crippen molar-refractivity contribution in [1.29, 1.82) is 0 Å². The Kier molecular flexibility index (Phi) is 5.59. The molecule has 0 radical (unpaired) electrons. The first-order valence-corrected chi connectivity index (χ1v) is 9.75. The summed E-state index contributed by atoms with van der Waals surface area (Å²) in [5, 5.41) is 7.99. The number of halogens is 1. The van der Waals surface area contributed by atoms with Crippen molar-refractivity contribution in [2.24, 2.45) is 0 Å². The standard InChI is InChI=1S/C23H21ClN4O2/c1-14-7-4-5-9-18(14)25-22-16-8-6-10-20(30-3)21(16)27-23(28-22)26-19-12-11-15(29-2)13-17(19)24/h4-13H,1-3H3,(H2,25,26,27,28). The minimum Gasteiger partial charge on any atom is -0.497 e. The number of aryl methyl sites for hydroxylation is 1. The van der Waals surface area contributed by atoms with E-state index < -0.39 is 0 Å². The van der Waals surface area contributed by atoms with Gasteiger partial charge in [0.05, 0.1) is 24.9 Å². The Labute approximate surface area is 179 Å². The van der Waals surface area contributed by atoms with E-state index in [1.807, 2.05) is 61.5 Å². The molecule has 6 nitrogen and oxygen atoms in total. The van der Waals surface area contributed by atoms with Crippen molar-refractivity contribution in [2.45, 2.75) is 6.92 Å².